The molecule has 0 saturated carbocycles. The fourth-order valence-corrected chi connectivity index (χ4v) is 4.16. The van der Waals surface area contributed by atoms with Gasteiger partial charge in [-0.3, -0.25) is 0 Å². The molecule has 1 saturated heterocycles. The molecule has 6 nitrogen and oxygen atoms in total. The maximum atomic E-state index is 12.6. The highest BCUT2D eigenvalue weighted by Crippen LogP contribution is 2.38. The molecular formula is C23H28ClN3O3. The van der Waals surface area contributed by atoms with Crippen molar-refractivity contribution in [2.75, 3.05) is 19.6 Å². The Kier molecular flexibility index (Phi) is 5.53. The zero-order chi connectivity index (χ0) is 21.5. The minimum atomic E-state index is -0.508. The molecule has 160 valence electrons. The summed E-state index contributed by atoms with van der Waals surface area (Å²) in [6, 6.07) is 5.53. The minimum Gasteiger partial charge on any atom is -0.483 e. The second-order valence-corrected chi connectivity index (χ2v) is 9.37. The molecule has 4 rings (SSSR count). The summed E-state index contributed by atoms with van der Waals surface area (Å²) in [7, 11) is 0. The van der Waals surface area contributed by atoms with Crippen molar-refractivity contribution in [3.8, 4) is 5.75 Å². The molecule has 2 unspecified atom stereocenters. The minimum absolute atomic E-state index is 0.000801. The van der Waals surface area contributed by atoms with Crippen molar-refractivity contribution >= 4 is 29.2 Å². The van der Waals surface area contributed by atoms with Gasteiger partial charge in [-0.1, -0.05) is 29.8 Å². The number of ether oxygens (including phenoxy) is 2. The third-order valence-corrected chi connectivity index (χ3v) is 5.62. The number of carbonyl (C=O) groups excluding carboxylic acids is 1. The van der Waals surface area contributed by atoms with Gasteiger partial charge in [0.15, 0.2) is 0 Å². The Morgan fingerprint density at radius 1 is 1.23 bits per heavy atom. The number of carbonyl (C=O) groups is 1. The Bertz CT molecular complexity index is 919. The molecule has 1 aromatic rings. The highest BCUT2D eigenvalue weighted by Gasteiger charge is 2.37. The normalized spacial score (nSPS) is 25.6. The molecule has 0 aromatic heterocycles. The molecule has 2 heterocycles. The number of rotatable bonds is 0. The van der Waals surface area contributed by atoms with Crippen LogP contribution >= 0.6 is 11.6 Å². The van der Waals surface area contributed by atoms with Crippen LogP contribution in [0, 0.1) is 5.92 Å². The van der Waals surface area contributed by atoms with Gasteiger partial charge in [-0.05, 0) is 52.0 Å². The summed E-state index contributed by atoms with van der Waals surface area (Å²) in [6.45, 7) is 9.64. The number of hydrogen-bond donors (Lipinski definition) is 0. The molecule has 1 amide bonds. The predicted octanol–water partition coefficient (Wildman–Crippen LogP) is 4.81. The van der Waals surface area contributed by atoms with Gasteiger partial charge >= 0.3 is 6.09 Å². The first-order valence-corrected chi connectivity index (χ1v) is 10.7. The maximum Gasteiger partial charge on any atom is 0.410 e. The monoisotopic (exact) mass is 429 g/mol. The maximum absolute atomic E-state index is 12.6. The van der Waals surface area contributed by atoms with Crippen LogP contribution in [0.1, 0.15) is 27.7 Å². The number of halogens is 1. The highest BCUT2D eigenvalue weighted by atomic mass is 35.5. The summed E-state index contributed by atoms with van der Waals surface area (Å²) >= 11 is 6.22. The van der Waals surface area contributed by atoms with E-state index in [1.165, 1.54) is 0 Å². The predicted molar refractivity (Wildman–Crippen MR) is 119 cm³/mol. The fraction of sp³-hybridized carbons (Fsp3) is 0.478. The topological polar surface area (TPSA) is 54.4 Å². The molecular weight excluding hydrogens is 402 g/mol. The molecule has 1 aromatic carbocycles. The smallest absolute Gasteiger partial charge is 0.410 e. The Morgan fingerprint density at radius 2 is 2.00 bits per heavy atom. The van der Waals surface area contributed by atoms with Crippen molar-refractivity contribution < 1.29 is 14.3 Å². The molecule has 0 radical (unpaired) electrons. The number of allylic oxidation sites excluding steroid dienone is 2. The lowest BCUT2D eigenvalue weighted by Crippen LogP contribution is -2.57. The van der Waals surface area contributed by atoms with E-state index in [4.69, 9.17) is 26.1 Å². The zero-order valence-corrected chi connectivity index (χ0v) is 18.6. The van der Waals surface area contributed by atoms with Crippen LogP contribution in [0.4, 0.5) is 10.5 Å². The number of nitrogens with zero attached hydrogens (tertiary/aromatic N) is 3. The third-order valence-electron chi connectivity index (χ3n) is 5.38. The first-order chi connectivity index (χ1) is 14.2. The molecule has 3 atom stereocenters. The van der Waals surface area contributed by atoms with Gasteiger partial charge in [-0.2, -0.15) is 0 Å². The summed E-state index contributed by atoms with van der Waals surface area (Å²) < 4.78 is 11.8. The summed E-state index contributed by atoms with van der Waals surface area (Å²) in [4.78, 5) is 21.6. The molecule has 0 spiro atoms. The van der Waals surface area contributed by atoms with Crippen LogP contribution < -0.4 is 4.74 Å². The van der Waals surface area contributed by atoms with E-state index in [1.54, 1.807) is 4.90 Å². The van der Waals surface area contributed by atoms with Crippen LogP contribution in [0.3, 0.4) is 0 Å². The van der Waals surface area contributed by atoms with E-state index in [-0.39, 0.29) is 24.2 Å². The van der Waals surface area contributed by atoms with Crippen LogP contribution in [0.2, 0.25) is 5.02 Å². The SMILES string of the molecule is C[C@H]1CN(C2=Nc3cc(Cl)ccc3OC3C=CC=CC23)CCN1C(=O)OC(C)(C)C. The Morgan fingerprint density at radius 3 is 2.73 bits per heavy atom. The summed E-state index contributed by atoms with van der Waals surface area (Å²) in [6.07, 6.45) is 7.82. The van der Waals surface area contributed by atoms with Crippen LogP contribution in [0.5, 0.6) is 5.75 Å². The van der Waals surface area contributed by atoms with E-state index in [9.17, 15) is 4.79 Å². The number of amidine groups is 1. The van der Waals surface area contributed by atoms with Gasteiger partial charge in [0, 0.05) is 30.7 Å². The fourth-order valence-electron chi connectivity index (χ4n) is 3.99. The Hall–Kier alpha value is -2.47. The molecule has 0 bridgehead atoms. The molecule has 1 fully saturated rings. The van der Waals surface area contributed by atoms with E-state index < -0.39 is 5.60 Å². The summed E-state index contributed by atoms with van der Waals surface area (Å²) in [5.41, 5.74) is 0.224. The Balaban J connectivity index is 1.60. The molecule has 30 heavy (non-hydrogen) atoms. The van der Waals surface area contributed by atoms with Crippen molar-refractivity contribution in [1.29, 1.82) is 0 Å². The van der Waals surface area contributed by atoms with Crippen LogP contribution in [-0.2, 0) is 4.74 Å². The number of benzene rings is 1. The first kappa shape index (κ1) is 20.8. The van der Waals surface area contributed by atoms with E-state index in [1.807, 2.05) is 58.0 Å². The molecule has 3 aliphatic rings. The molecule has 1 aliphatic carbocycles. The van der Waals surface area contributed by atoms with Crippen LogP contribution in [-0.4, -0.2) is 59.1 Å². The average molecular weight is 430 g/mol. The van der Waals surface area contributed by atoms with E-state index >= 15 is 0 Å². The number of fused-ring (bicyclic) bond motifs is 2. The van der Waals surface area contributed by atoms with Crippen molar-refractivity contribution in [1.82, 2.24) is 9.80 Å². The molecule has 0 N–H and O–H groups in total. The highest BCUT2D eigenvalue weighted by molar-refractivity contribution is 6.30. The third kappa shape index (κ3) is 4.33. The van der Waals surface area contributed by atoms with Gasteiger partial charge in [0.25, 0.3) is 0 Å². The van der Waals surface area contributed by atoms with E-state index in [0.29, 0.717) is 24.7 Å². The van der Waals surface area contributed by atoms with E-state index in [2.05, 4.69) is 17.1 Å². The lowest BCUT2D eigenvalue weighted by Gasteiger charge is -2.42. The molecule has 2 aliphatic heterocycles. The van der Waals surface area contributed by atoms with Crippen LogP contribution in [0.15, 0.2) is 47.5 Å². The van der Waals surface area contributed by atoms with Gasteiger partial charge in [-0.25, -0.2) is 9.79 Å². The van der Waals surface area contributed by atoms with Crippen molar-refractivity contribution in [2.24, 2.45) is 10.9 Å². The second kappa shape index (κ2) is 7.99. The summed E-state index contributed by atoms with van der Waals surface area (Å²) in [5, 5.41) is 0.625. The van der Waals surface area contributed by atoms with Gasteiger partial charge in [0.05, 0.1) is 5.92 Å². The van der Waals surface area contributed by atoms with Gasteiger partial charge in [0.1, 0.15) is 29.0 Å². The number of piperazine rings is 1. The quantitative estimate of drug-likeness (QED) is 0.593. The average Bonchev–Trinajstić information content (AvgIpc) is 2.83. The van der Waals surface area contributed by atoms with E-state index in [0.717, 1.165) is 17.3 Å². The summed E-state index contributed by atoms with van der Waals surface area (Å²) in [5.74, 6) is 1.67. The number of aliphatic imine (C=N–C) groups is 1. The largest absolute Gasteiger partial charge is 0.483 e. The van der Waals surface area contributed by atoms with Crippen LogP contribution in [0.25, 0.3) is 0 Å². The zero-order valence-electron chi connectivity index (χ0n) is 17.8. The number of hydrogen-bond acceptors (Lipinski definition) is 5. The van der Waals surface area contributed by atoms with Crippen molar-refractivity contribution in [3.63, 3.8) is 0 Å². The Labute approximate surface area is 182 Å². The lowest BCUT2D eigenvalue weighted by atomic mass is 9.94. The number of amides is 1. The van der Waals surface area contributed by atoms with Gasteiger partial charge in [0.2, 0.25) is 0 Å². The second-order valence-electron chi connectivity index (χ2n) is 8.93. The lowest BCUT2D eigenvalue weighted by molar-refractivity contribution is 0.00728. The van der Waals surface area contributed by atoms with Gasteiger partial charge in [-0.15, -0.1) is 0 Å². The van der Waals surface area contributed by atoms with Crippen molar-refractivity contribution in [2.45, 2.75) is 45.4 Å². The van der Waals surface area contributed by atoms with Gasteiger partial charge < -0.3 is 19.3 Å². The first-order valence-electron chi connectivity index (χ1n) is 10.4. The molecule has 7 heteroatoms. The standard InChI is InChI=1S/C23H28ClN3O3/c1-15-14-26(11-12-27(15)22(28)30-23(2,3)4)21-17-7-5-6-8-19(17)29-20-10-9-16(24)13-18(20)25-21/h5-10,13,15,17,19H,11-12,14H2,1-4H3/t15-,17?,19?/m0/s1. The van der Waals surface area contributed by atoms with Crippen molar-refractivity contribution in [3.05, 3.63) is 47.5 Å².